The third kappa shape index (κ3) is 8.55. The normalized spacial score (nSPS) is 10.2. The minimum atomic E-state index is 0.277. The lowest BCUT2D eigenvalue weighted by Gasteiger charge is -2.01. The zero-order chi connectivity index (χ0) is 22.8. The van der Waals surface area contributed by atoms with Crippen molar-refractivity contribution in [1.29, 1.82) is 0 Å². The summed E-state index contributed by atoms with van der Waals surface area (Å²) in [5.41, 5.74) is 0. The van der Waals surface area contributed by atoms with E-state index in [0.717, 1.165) is 19.6 Å². The summed E-state index contributed by atoms with van der Waals surface area (Å²) in [6.45, 7) is 0. The maximum atomic E-state index is 9.13. The van der Waals surface area contributed by atoms with Crippen LogP contribution in [-0.2, 0) is 0 Å². The molecule has 0 aliphatic carbocycles. The van der Waals surface area contributed by atoms with Crippen molar-refractivity contribution in [1.82, 2.24) is 0 Å². The molecule has 8 heteroatoms. The van der Waals surface area contributed by atoms with E-state index in [0.29, 0.717) is 0 Å². The number of phenolic OH excluding ortho intramolecular Hbond substituents is 4. The Kier molecular flexibility index (Phi) is 9.43. The summed E-state index contributed by atoms with van der Waals surface area (Å²) >= 11 is 0. The Morgan fingerprint density at radius 1 is 0.281 bits per heavy atom. The molecule has 164 valence electrons. The molecule has 0 aliphatic heterocycles. The lowest BCUT2D eigenvalue weighted by atomic mass is 10.3. The van der Waals surface area contributed by atoms with Gasteiger partial charge in [-0.1, -0.05) is 43.2 Å². The number of aromatic hydroxyl groups is 4. The van der Waals surface area contributed by atoms with Crippen LogP contribution < -0.4 is 0 Å². The van der Waals surface area contributed by atoms with Crippen LogP contribution in [0.3, 0.4) is 0 Å². The van der Waals surface area contributed by atoms with Gasteiger partial charge in [0.2, 0.25) is 0 Å². The smallest absolute Gasteiger partial charge is 0.115 e. The van der Waals surface area contributed by atoms with Gasteiger partial charge in [0.1, 0.15) is 23.0 Å². The molecular formula is C24H20O4S4. The quantitative estimate of drug-likeness (QED) is 0.200. The van der Waals surface area contributed by atoms with Gasteiger partial charge in [-0.2, -0.15) is 0 Å². The Morgan fingerprint density at radius 3 is 0.594 bits per heavy atom. The zero-order valence-corrected chi connectivity index (χ0v) is 19.9. The van der Waals surface area contributed by atoms with Gasteiger partial charge in [0, 0.05) is 19.6 Å². The second-order valence-electron chi connectivity index (χ2n) is 6.31. The topological polar surface area (TPSA) is 80.9 Å². The van der Waals surface area contributed by atoms with Gasteiger partial charge in [-0.25, -0.2) is 0 Å². The molecule has 4 nitrogen and oxygen atoms in total. The van der Waals surface area contributed by atoms with Crippen molar-refractivity contribution in [2.75, 3.05) is 0 Å². The molecule has 4 aromatic rings. The van der Waals surface area contributed by atoms with Crippen LogP contribution in [0.2, 0.25) is 0 Å². The molecule has 4 N–H and O–H groups in total. The van der Waals surface area contributed by atoms with Gasteiger partial charge in [0.15, 0.2) is 0 Å². The van der Waals surface area contributed by atoms with Gasteiger partial charge >= 0.3 is 0 Å². The standard InChI is InChI=1S/2C12H10O2S2/c2*13-9-1-5-11(6-2-9)15-16-12-7-3-10(14)4-8-12/h2*1-8,13-14H. The van der Waals surface area contributed by atoms with Crippen LogP contribution in [0.1, 0.15) is 0 Å². The molecule has 0 amide bonds. The van der Waals surface area contributed by atoms with Crippen LogP contribution in [0.4, 0.5) is 0 Å². The van der Waals surface area contributed by atoms with Crippen molar-refractivity contribution in [2.24, 2.45) is 0 Å². The molecule has 0 aromatic heterocycles. The first-order valence-corrected chi connectivity index (χ1v) is 13.6. The summed E-state index contributed by atoms with van der Waals surface area (Å²) in [5.74, 6) is 1.11. The predicted molar refractivity (Wildman–Crippen MR) is 136 cm³/mol. The molecule has 0 spiro atoms. The molecule has 0 bridgehead atoms. The highest BCUT2D eigenvalue weighted by molar-refractivity contribution is 8.77. The number of hydrogen-bond donors (Lipinski definition) is 4. The van der Waals surface area contributed by atoms with Gasteiger partial charge < -0.3 is 20.4 Å². The fourth-order valence-electron chi connectivity index (χ4n) is 2.20. The van der Waals surface area contributed by atoms with Crippen molar-refractivity contribution in [3.05, 3.63) is 97.1 Å². The van der Waals surface area contributed by atoms with Gasteiger partial charge in [0.25, 0.3) is 0 Å². The molecule has 0 aliphatic rings. The fraction of sp³-hybridized carbons (Fsp3) is 0. The van der Waals surface area contributed by atoms with Crippen molar-refractivity contribution in [2.45, 2.75) is 19.6 Å². The molecule has 32 heavy (non-hydrogen) atoms. The molecule has 0 unspecified atom stereocenters. The molecule has 0 heterocycles. The van der Waals surface area contributed by atoms with Gasteiger partial charge in [-0.15, -0.1) is 0 Å². The third-order valence-corrected chi connectivity index (χ3v) is 8.65. The molecular weight excluding hydrogens is 481 g/mol. The van der Waals surface area contributed by atoms with Gasteiger partial charge in [0.05, 0.1) is 0 Å². The van der Waals surface area contributed by atoms with Crippen LogP contribution in [-0.4, -0.2) is 20.4 Å². The lowest BCUT2D eigenvalue weighted by Crippen LogP contribution is -1.69. The fourth-order valence-corrected chi connectivity index (χ4v) is 6.06. The highest BCUT2D eigenvalue weighted by Crippen LogP contribution is 2.39. The predicted octanol–water partition coefficient (Wildman–Crippen LogP) is 7.79. The Morgan fingerprint density at radius 2 is 0.438 bits per heavy atom. The number of benzene rings is 4. The Bertz CT molecular complexity index is 903. The van der Waals surface area contributed by atoms with Gasteiger partial charge in [-0.05, 0) is 97.1 Å². The van der Waals surface area contributed by atoms with E-state index < -0.39 is 0 Å². The second kappa shape index (κ2) is 12.5. The number of phenols is 4. The average Bonchev–Trinajstić information content (AvgIpc) is 2.81. The maximum Gasteiger partial charge on any atom is 0.115 e. The molecule has 0 fully saturated rings. The van der Waals surface area contributed by atoms with E-state index in [1.165, 1.54) is 0 Å². The minimum Gasteiger partial charge on any atom is -0.508 e. The summed E-state index contributed by atoms with van der Waals surface area (Å²) < 4.78 is 0. The van der Waals surface area contributed by atoms with Crippen LogP contribution >= 0.6 is 43.2 Å². The van der Waals surface area contributed by atoms with E-state index in [1.807, 2.05) is 48.5 Å². The van der Waals surface area contributed by atoms with Crippen LogP contribution in [0.15, 0.2) is 117 Å². The third-order valence-electron chi connectivity index (χ3n) is 3.82. The molecule has 0 atom stereocenters. The average molecular weight is 501 g/mol. The van der Waals surface area contributed by atoms with E-state index >= 15 is 0 Å². The first-order chi connectivity index (χ1) is 15.5. The molecule has 4 aromatic carbocycles. The Labute approximate surface area is 202 Å². The minimum absolute atomic E-state index is 0.277. The molecule has 4 rings (SSSR count). The van der Waals surface area contributed by atoms with Crippen LogP contribution in [0.25, 0.3) is 0 Å². The zero-order valence-electron chi connectivity index (χ0n) is 16.7. The summed E-state index contributed by atoms with van der Waals surface area (Å²) in [4.78, 5) is 4.32. The summed E-state index contributed by atoms with van der Waals surface area (Å²) in [5, 5.41) is 36.5. The maximum absolute atomic E-state index is 9.13. The monoisotopic (exact) mass is 500 g/mol. The highest BCUT2D eigenvalue weighted by Gasteiger charge is 1.99. The number of rotatable bonds is 6. The van der Waals surface area contributed by atoms with Crippen LogP contribution in [0, 0.1) is 0 Å². The van der Waals surface area contributed by atoms with E-state index in [1.54, 1.807) is 91.7 Å². The van der Waals surface area contributed by atoms with Crippen molar-refractivity contribution >= 4 is 43.2 Å². The van der Waals surface area contributed by atoms with Crippen molar-refractivity contribution in [3.8, 4) is 23.0 Å². The summed E-state index contributed by atoms with van der Waals surface area (Å²) in [6.07, 6.45) is 0. The van der Waals surface area contributed by atoms with E-state index in [9.17, 15) is 0 Å². The summed E-state index contributed by atoms with van der Waals surface area (Å²) in [7, 11) is 6.45. The molecule has 0 radical (unpaired) electrons. The molecule has 0 saturated heterocycles. The Hall–Kier alpha value is -2.52. The van der Waals surface area contributed by atoms with Gasteiger partial charge in [-0.3, -0.25) is 0 Å². The lowest BCUT2D eigenvalue weighted by molar-refractivity contribution is 0.474. The first kappa shape index (κ1) is 24.1. The van der Waals surface area contributed by atoms with E-state index in [-0.39, 0.29) is 23.0 Å². The van der Waals surface area contributed by atoms with Crippen molar-refractivity contribution in [3.63, 3.8) is 0 Å². The first-order valence-electron chi connectivity index (χ1n) is 9.33. The summed E-state index contributed by atoms with van der Waals surface area (Å²) in [6, 6.07) is 28.3. The second-order valence-corrected chi connectivity index (χ2v) is 10.9. The van der Waals surface area contributed by atoms with Crippen molar-refractivity contribution < 1.29 is 20.4 Å². The molecule has 0 saturated carbocycles. The van der Waals surface area contributed by atoms with E-state index in [2.05, 4.69) is 0 Å². The largest absolute Gasteiger partial charge is 0.508 e. The SMILES string of the molecule is Oc1ccc(SSc2ccc(O)cc2)cc1.Oc1ccc(SSc2ccc(O)cc2)cc1. The van der Waals surface area contributed by atoms with E-state index in [4.69, 9.17) is 20.4 Å². The highest BCUT2D eigenvalue weighted by atomic mass is 33.1. The van der Waals surface area contributed by atoms with Crippen LogP contribution in [0.5, 0.6) is 23.0 Å². The Balaban J connectivity index is 0.000000181. The number of hydrogen-bond acceptors (Lipinski definition) is 8.